The number of likely N-dealkylation sites (tertiary alicyclic amines) is 1. The molecule has 2 aliphatic heterocycles. The predicted octanol–water partition coefficient (Wildman–Crippen LogP) is -0.650. The van der Waals surface area contributed by atoms with Gasteiger partial charge in [0, 0.05) is 19.1 Å². The van der Waals surface area contributed by atoms with E-state index < -0.39 is 5.66 Å². The normalized spacial score (nSPS) is 28.6. The minimum absolute atomic E-state index is 0.406. The van der Waals surface area contributed by atoms with E-state index in [4.69, 9.17) is 11.5 Å². The summed E-state index contributed by atoms with van der Waals surface area (Å²) in [5.74, 6) is 1.87. The van der Waals surface area contributed by atoms with Gasteiger partial charge in [-0.25, -0.2) is 4.99 Å². The van der Waals surface area contributed by atoms with Crippen molar-refractivity contribution in [2.24, 2.45) is 22.4 Å². The van der Waals surface area contributed by atoms with Crippen molar-refractivity contribution in [1.29, 1.82) is 0 Å². The Hall–Kier alpha value is -1.27. The van der Waals surface area contributed by atoms with Gasteiger partial charge in [-0.1, -0.05) is 13.8 Å². The van der Waals surface area contributed by atoms with Crippen molar-refractivity contribution in [2.75, 3.05) is 20.1 Å². The standard InChI is InChI=1S/C12H24N6/c1-8(2)4-12(14)5-10(16-11(13)17-12)18-6-9(7-18)15-3/h5,8-9,15H,4,6-7,14H2,1-3H3,(H3,13,16,17). The van der Waals surface area contributed by atoms with Gasteiger partial charge in [0.05, 0.1) is 0 Å². The molecule has 102 valence electrons. The zero-order valence-corrected chi connectivity index (χ0v) is 11.4. The lowest BCUT2D eigenvalue weighted by atomic mass is 9.96. The van der Waals surface area contributed by atoms with Crippen LogP contribution in [0.3, 0.4) is 0 Å². The first-order valence-electron chi connectivity index (χ1n) is 6.48. The number of hydrogen-bond donors (Lipinski definition) is 4. The van der Waals surface area contributed by atoms with Crippen molar-refractivity contribution in [3.8, 4) is 0 Å². The van der Waals surface area contributed by atoms with Crippen LogP contribution >= 0.6 is 0 Å². The third-order valence-corrected chi connectivity index (χ3v) is 3.34. The molecule has 2 heterocycles. The molecule has 2 rings (SSSR count). The van der Waals surface area contributed by atoms with Crippen molar-refractivity contribution in [3.05, 3.63) is 11.9 Å². The fraction of sp³-hybridized carbons (Fsp3) is 0.750. The number of nitrogens with one attached hydrogen (secondary N) is 2. The SMILES string of the molecule is CNC1CN(C2=CC(N)(CC(C)C)N=C(N)N2)C1. The Labute approximate surface area is 108 Å². The van der Waals surface area contributed by atoms with E-state index in [1.165, 1.54) is 0 Å². The first-order chi connectivity index (χ1) is 8.42. The molecule has 2 aliphatic rings. The van der Waals surface area contributed by atoms with E-state index in [-0.39, 0.29) is 0 Å². The van der Waals surface area contributed by atoms with Gasteiger partial charge in [0.2, 0.25) is 0 Å². The first kappa shape index (κ1) is 13.2. The summed E-state index contributed by atoms with van der Waals surface area (Å²) in [6, 6.07) is 0.546. The second-order valence-corrected chi connectivity index (χ2v) is 5.63. The highest BCUT2D eigenvalue weighted by Crippen LogP contribution is 2.24. The summed E-state index contributed by atoms with van der Waals surface area (Å²) in [6.07, 6.45) is 2.79. The van der Waals surface area contributed by atoms with E-state index in [1.807, 2.05) is 13.1 Å². The zero-order valence-electron chi connectivity index (χ0n) is 11.4. The average molecular weight is 252 g/mol. The molecule has 0 amide bonds. The largest absolute Gasteiger partial charge is 0.370 e. The van der Waals surface area contributed by atoms with E-state index in [2.05, 4.69) is 34.4 Å². The Morgan fingerprint density at radius 1 is 1.61 bits per heavy atom. The average Bonchev–Trinajstić information content (AvgIpc) is 2.11. The maximum absolute atomic E-state index is 6.30. The lowest BCUT2D eigenvalue weighted by molar-refractivity contribution is 0.166. The Balaban J connectivity index is 2.07. The third-order valence-electron chi connectivity index (χ3n) is 3.34. The first-order valence-corrected chi connectivity index (χ1v) is 6.48. The van der Waals surface area contributed by atoms with Crippen LogP contribution in [0.2, 0.25) is 0 Å². The summed E-state index contributed by atoms with van der Waals surface area (Å²) in [7, 11) is 1.98. The molecule has 0 radical (unpaired) electrons. The molecule has 1 unspecified atom stereocenters. The number of likely N-dealkylation sites (N-methyl/N-ethyl adjacent to an activating group) is 1. The van der Waals surface area contributed by atoms with Crippen LogP contribution in [0.25, 0.3) is 0 Å². The number of rotatable bonds is 4. The van der Waals surface area contributed by atoms with Crippen LogP contribution in [0, 0.1) is 5.92 Å². The predicted molar refractivity (Wildman–Crippen MR) is 73.6 cm³/mol. The van der Waals surface area contributed by atoms with Gasteiger partial charge in [0.1, 0.15) is 11.5 Å². The quantitative estimate of drug-likeness (QED) is 0.534. The van der Waals surface area contributed by atoms with Crippen LogP contribution in [0.4, 0.5) is 0 Å². The summed E-state index contributed by atoms with van der Waals surface area (Å²) >= 11 is 0. The number of hydrogen-bond acceptors (Lipinski definition) is 6. The molecule has 0 saturated carbocycles. The molecule has 0 aliphatic carbocycles. The van der Waals surface area contributed by atoms with Crippen LogP contribution in [0.1, 0.15) is 20.3 Å². The summed E-state index contributed by atoms with van der Waals surface area (Å²) in [5, 5.41) is 6.34. The maximum atomic E-state index is 6.30. The van der Waals surface area contributed by atoms with Crippen molar-refractivity contribution < 1.29 is 0 Å². The molecule has 0 spiro atoms. The van der Waals surface area contributed by atoms with Gasteiger partial charge in [-0.05, 0) is 25.5 Å². The molecule has 1 fully saturated rings. The van der Waals surface area contributed by atoms with Gasteiger partial charge in [-0.15, -0.1) is 0 Å². The van der Waals surface area contributed by atoms with Gasteiger partial charge in [-0.3, -0.25) is 0 Å². The maximum Gasteiger partial charge on any atom is 0.196 e. The Morgan fingerprint density at radius 3 is 2.83 bits per heavy atom. The zero-order chi connectivity index (χ0) is 13.3. The van der Waals surface area contributed by atoms with Gasteiger partial charge in [0.15, 0.2) is 5.96 Å². The van der Waals surface area contributed by atoms with E-state index in [0.717, 1.165) is 25.3 Å². The summed E-state index contributed by atoms with van der Waals surface area (Å²) in [6.45, 7) is 6.22. The summed E-state index contributed by atoms with van der Waals surface area (Å²) < 4.78 is 0. The molecular weight excluding hydrogens is 228 g/mol. The van der Waals surface area contributed by atoms with Gasteiger partial charge >= 0.3 is 0 Å². The Morgan fingerprint density at radius 2 is 2.28 bits per heavy atom. The highest BCUT2D eigenvalue weighted by molar-refractivity contribution is 5.81. The van der Waals surface area contributed by atoms with Gasteiger partial charge in [-0.2, -0.15) is 0 Å². The number of guanidine groups is 1. The minimum atomic E-state index is -0.677. The fourth-order valence-corrected chi connectivity index (χ4v) is 2.48. The molecule has 18 heavy (non-hydrogen) atoms. The molecule has 1 saturated heterocycles. The van der Waals surface area contributed by atoms with Crippen LogP contribution in [0.5, 0.6) is 0 Å². The van der Waals surface area contributed by atoms with Crippen molar-refractivity contribution in [2.45, 2.75) is 32.0 Å². The van der Waals surface area contributed by atoms with Crippen LogP contribution in [0.15, 0.2) is 16.9 Å². The monoisotopic (exact) mass is 252 g/mol. The second-order valence-electron chi connectivity index (χ2n) is 5.63. The lowest BCUT2D eigenvalue weighted by Gasteiger charge is -2.44. The highest BCUT2D eigenvalue weighted by atomic mass is 15.4. The van der Waals surface area contributed by atoms with E-state index in [0.29, 0.717) is 17.9 Å². The molecule has 6 heteroatoms. The van der Waals surface area contributed by atoms with Gasteiger partial charge < -0.3 is 27.0 Å². The number of nitrogens with zero attached hydrogens (tertiary/aromatic N) is 2. The highest BCUT2D eigenvalue weighted by Gasteiger charge is 2.33. The van der Waals surface area contributed by atoms with Crippen molar-refractivity contribution >= 4 is 5.96 Å². The fourth-order valence-electron chi connectivity index (χ4n) is 2.48. The van der Waals surface area contributed by atoms with Crippen molar-refractivity contribution in [1.82, 2.24) is 15.5 Å². The van der Waals surface area contributed by atoms with Crippen LogP contribution < -0.4 is 22.1 Å². The summed E-state index contributed by atoms with van der Waals surface area (Å²) in [5.41, 5.74) is 11.5. The Bertz CT molecular complexity index is 369. The van der Waals surface area contributed by atoms with Crippen LogP contribution in [-0.2, 0) is 0 Å². The molecule has 0 bridgehead atoms. The number of nitrogens with two attached hydrogens (primary N) is 2. The molecule has 6 N–H and O–H groups in total. The molecule has 0 aromatic heterocycles. The molecule has 0 aromatic carbocycles. The molecule has 0 aromatic rings. The Kier molecular flexibility index (Phi) is 3.49. The van der Waals surface area contributed by atoms with E-state index in [9.17, 15) is 0 Å². The molecular formula is C12H24N6. The van der Waals surface area contributed by atoms with Crippen LogP contribution in [-0.4, -0.2) is 42.7 Å². The minimum Gasteiger partial charge on any atom is -0.370 e. The van der Waals surface area contributed by atoms with E-state index in [1.54, 1.807) is 0 Å². The second kappa shape index (κ2) is 4.78. The topological polar surface area (TPSA) is 91.7 Å². The molecule has 6 nitrogen and oxygen atoms in total. The lowest BCUT2D eigenvalue weighted by Crippen LogP contribution is -2.60. The molecule has 1 atom stereocenters. The summed E-state index contributed by atoms with van der Waals surface area (Å²) in [4.78, 5) is 6.55. The smallest absolute Gasteiger partial charge is 0.196 e. The van der Waals surface area contributed by atoms with E-state index >= 15 is 0 Å². The van der Waals surface area contributed by atoms with Gasteiger partial charge in [0.25, 0.3) is 0 Å². The third kappa shape index (κ3) is 2.76. The van der Waals surface area contributed by atoms with Crippen molar-refractivity contribution in [3.63, 3.8) is 0 Å². The number of aliphatic imine (C=N–C) groups is 1.